The van der Waals surface area contributed by atoms with Crippen molar-refractivity contribution in [3.63, 3.8) is 0 Å². The molecule has 1 aromatic carbocycles. The van der Waals surface area contributed by atoms with Gasteiger partial charge in [-0.25, -0.2) is 0 Å². The molecule has 0 fully saturated rings. The van der Waals surface area contributed by atoms with Crippen LogP contribution in [0.1, 0.15) is 6.92 Å². The van der Waals surface area contributed by atoms with Crippen molar-refractivity contribution < 1.29 is 9.65 Å². The van der Waals surface area contributed by atoms with Gasteiger partial charge in [0.05, 0.1) is 5.09 Å². The molecule has 0 spiro atoms. The number of hydrogen-bond acceptors (Lipinski definition) is 3. The van der Waals surface area contributed by atoms with Crippen LogP contribution in [0.5, 0.6) is 0 Å². The van der Waals surface area contributed by atoms with Crippen LogP contribution in [0.15, 0.2) is 42.6 Å². The van der Waals surface area contributed by atoms with Crippen molar-refractivity contribution in [1.82, 2.24) is 0 Å². The smallest absolute Gasteiger partial charge is 0.212 e. The minimum atomic E-state index is -1.75. The second kappa shape index (κ2) is 5.65. The molecule has 0 amide bonds. The van der Waals surface area contributed by atoms with Gasteiger partial charge in [-0.05, 0) is 19.1 Å². The Labute approximate surface area is 92.7 Å². The number of rotatable bonds is 1. The lowest BCUT2D eigenvalue weighted by Crippen LogP contribution is -2.32. The van der Waals surface area contributed by atoms with Crippen molar-refractivity contribution in [3.05, 3.63) is 57.9 Å². The third-order valence-electron chi connectivity index (χ3n) is 2.13. The summed E-state index contributed by atoms with van der Waals surface area (Å²) in [4.78, 5) is 8.25. The lowest BCUT2D eigenvalue weighted by molar-refractivity contribution is -0.667. The Bertz CT molecular complexity index is 476. The van der Waals surface area contributed by atoms with E-state index in [1.165, 1.54) is 10.9 Å². The molecule has 1 aromatic heterocycles. The molecule has 84 valence electrons. The van der Waals surface area contributed by atoms with Gasteiger partial charge in [0.25, 0.3) is 0 Å². The monoisotopic (exact) mass is 220 g/mol. The zero-order chi connectivity index (χ0) is 12.0. The fraction of sp³-hybridized carbons (Fsp3) is 0.182. The number of para-hydroxylation sites is 1. The number of fused-ring (bicyclic) bond motifs is 1. The van der Waals surface area contributed by atoms with E-state index in [-0.39, 0.29) is 0 Å². The fourth-order valence-corrected chi connectivity index (χ4v) is 1.50. The maximum absolute atomic E-state index is 8.25. The number of aromatic nitrogens is 1. The zero-order valence-corrected chi connectivity index (χ0v) is 8.87. The van der Waals surface area contributed by atoms with Crippen molar-refractivity contribution in [3.8, 4) is 0 Å². The second-order valence-corrected chi connectivity index (χ2v) is 3.08. The normalized spacial score (nSPS) is 9.31. The first-order chi connectivity index (χ1) is 7.65. The molecule has 5 heteroatoms. The molecule has 0 saturated carbocycles. The Morgan fingerprint density at radius 2 is 1.75 bits per heavy atom. The van der Waals surface area contributed by atoms with Gasteiger partial charge in [-0.2, -0.15) is 4.57 Å². The molecule has 2 aromatic rings. The number of aryl methyl sites for hydroxylation is 1. The molecule has 2 rings (SSSR count). The summed E-state index contributed by atoms with van der Waals surface area (Å²) >= 11 is 0. The minimum Gasteiger partial charge on any atom is -0.356 e. The van der Waals surface area contributed by atoms with Gasteiger partial charge in [0.2, 0.25) is 5.52 Å². The largest absolute Gasteiger partial charge is 0.356 e. The SMILES string of the molecule is CC[n+]1cccc2ccccc21.O=[N+]([O-])[O-]. The van der Waals surface area contributed by atoms with E-state index < -0.39 is 5.09 Å². The summed E-state index contributed by atoms with van der Waals surface area (Å²) in [5.74, 6) is 0. The van der Waals surface area contributed by atoms with Gasteiger partial charge in [0.15, 0.2) is 6.20 Å². The van der Waals surface area contributed by atoms with E-state index in [0.717, 1.165) is 6.54 Å². The molecule has 16 heavy (non-hydrogen) atoms. The molecule has 0 radical (unpaired) electrons. The van der Waals surface area contributed by atoms with Crippen molar-refractivity contribution in [2.75, 3.05) is 0 Å². The van der Waals surface area contributed by atoms with Crippen LogP contribution in [0.3, 0.4) is 0 Å². The maximum atomic E-state index is 8.25. The number of pyridine rings is 1. The summed E-state index contributed by atoms with van der Waals surface area (Å²) in [6, 6.07) is 12.7. The molecular formula is C11H12N2O3. The molecule has 0 bridgehead atoms. The van der Waals surface area contributed by atoms with Crippen molar-refractivity contribution in [2.24, 2.45) is 0 Å². The van der Waals surface area contributed by atoms with Gasteiger partial charge >= 0.3 is 0 Å². The molecule has 5 nitrogen and oxygen atoms in total. The van der Waals surface area contributed by atoms with Crippen molar-refractivity contribution >= 4 is 10.9 Å². The number of benzene rings is 1. The molecule has 0 aliphatic heterocycles. The Hall–Kier alpha value is -2.17. The minimum absolute atomic E-state index is 1.03. The predicted molar refractivity (Wildman–Crippen MR) is 60.2 cm³/mol. The third-order valence-corrected chi connectivity index (χ3v) is 2.13. The van der Waals surface area contributed by atoms with Crippen LogP contribution in [-0.2, 0) is 6.54 Å². The summed E-state index contributed by atoms with van der Waals surface area (Å²) in [5.41, 5.74) is 1.31. The van der Waals surface area contributed by atoms with E-state index in [2.05, 4.69) is 54.1 Å². The topological polar surface area (TPSA) is 70.1 Å². The molecule has 0 N–H and O–H groups in total. The molecule has 0 aliphatic carbocycles. The van der Waals surface area contributed by atoms with Gasteiger partial charge in [0.1, 0.15) is 6.54 Å². The Morgan fingerprint density at radius 1 is 1.19 bits per heavy atom. The van der Waals surface area contributed by atoms with Crippen molar-refractivity contribution in [2.45, 2.75) is 13.5 Å². The molecule has 0 atom stereocenters. The molecule has 0 saturated heterocycles. The highest BCUT2D eigenvalue weighted by atomic mass is 16.9. The van der Waals surface area contributed by atoms with Gasteiger partial charge in [-0.15, -0.1) is 0 Å². The Balaban J connectivity index is 0.000000280. The van der Waals surface area contributed by atoms with E-state index in [4.69, 9.17) is 15.3 Å². The van der Waals surface area contributed by atoms with Crippen LogP contribution < -0.4 is 4.57 Å². The van der Waals surface area contributed by atoms with Gasteiger partial charge in [-0.3, -0.25) is 0 Å². The summed E-state index contributed by atoms with van der Waals surface area (Å²) < 4.78 is 2.25. The Morgan fingerprint density at radius 3 is 2.38 bits per heavy atom. The number of nitrogens with zero attached hydrogens (tertiary/aromatic N) is 2. The third kappa shape index (κ3) is 3.20. The van der Waals surface area contributed by atoms with Crippen LogP contribution in [0, 0.1) is 15.3 Å². The van der Waals surface area contributed by atoms with Crippen molar-refractivity contribution in [1.29, 1.82) is 0 Å². The summed E-state index contributed by atoms with van der Waals surface area (Å²) in [6.45, 7) is 3.19. The maximum Gasteiger partial charge on any atom is 0.212 e. The van der Waals surface area contributed by atoms with Crippen LogP contribution in [-0.4, -0.2) is 5.09 Å². The first kappa shape index (κ1) is 11.9. The van der Waals surface area contributed by atoms with Crippen LogP contribution in [0.2, 0.25) is 0 Å². The fourth-order valence-electron chi connectivity index (χ4n) is 1.50. The average Bonchev–Trinajstić information content (AvgIpc) is 2.27. The number of hydrogen-bond donors (Lipinski definition) is 0. The Kier molecular flexibility index (Phi) is 4.20. The standard InChI is InChI=1S/C11H12N.NO3/c1-2-12-9-5-7-10-6-3-4-8-11(10)12;2-1(3)4/h3-9H,2H2,1H3;/q+1;-1. The highest BCUT2D eigenvalue weighted by Gasteiger charge is 2.02. The highest BCUT2D eigenvalue weighted by Crippen LogP contribution is 2.07. The summed E-state index contributed by atoms with van der Waals surface area (Å²) in [6.07, 6.45) is 2.11. The van der Waals surface area contributed by atoms with Crippen LogP contribution >= 0.6 is 0 Å². The van der Waals surface area contributed by atoms with E-state index in [1.54, 1.807) is 0 Å². The molecule has 0 unspecified atom stereocenters. The molecule has 1 heterocycles. The predicted octanol–water partition coefficient (Wildman–Crippen LogP) is 1.91. The summed E-state index contributed by atoms with van der Waals surface area (Å²) in [7, 11) is 0. The molecular weight excluding hydrogens is 208 g/mol. The van der Waals surface area contributed by atoms with E-state index >= 15 is 0 Å². The quantitative estimate of drug-likeness (QED) is 0.418. The van der Waals surface area contributed by atoms with Gasteiger partial charge in [0, 0.05) is 17.5 Å². The van der Waals surface area contributed by atoms with E-state index in [0.29, 0.717) is 0 Å². The average molecular weight is 220 g/mol. The van der Waals surface area contributed by atoms with E-state index in [9.17, 15) is 0 Å². The lowest BCUT2D eigenvalue weighted by atomic mass is 10.2. The van der Waals surface area contributed by atoms with Gasteiger partial charge < -0.3 is 15.3 Å². The van der Waals surface area contributed by atoms with E-state index in [1.807, 2.05) is 0 Å². The molecule has 0 aliphatic rings. The second-order valence-electron chi connectivity index (χ2n) is 3.08. The first-order valence-corrected chi connectivity index (χ1v) is 4.84. The lowest BCUT2D eigenvalue weighted by Gasteiger charge is -1.96. The zero-order valence-electron chi connectivity index (χ0n) is 8.87. The van der Waals surface area contributed by atoms with Crippen LogP contribution in [0.25, 0.3) is 10.9 Å². The van der Waals surface area contributed by atoms with Crippen LogP contribution in [0.4, 0.5) is 0 Å². The van der Waals surface area contributed by atoms with Gasteiger partial charge in [-0.1, -0.05) is 12.1 Å². The summed E-state index contributed by atoms with van der Waals surface area (Å²) in [5, 5.41) is 16.1. The highest BCUT2D eigenvalue weighted by molar-refractivity contribution is 5.74. The first-order valence-electron chi connectivity index (χ1n) is 4.84.